The minimum absolute atomic E-state index is 0. The van der Waals surface area contributed by atoms with Gasteiger partial charge in [0.05, 0.1) is 0 Å². The Bertz CT molecular complexity index is 1980. The first kappa shape index (κ1) is 26.3. The molecule has 1 aliphatic carbocycles. The molecule has 8 heteroatoms. The molecule has 0 amide bonds. The van der Waals surface area contributed by atoms with Crippen molar-refractivity contribution in [2.24, 2.45) is 0 Å². The van der Waals surface area contributed by atoms with Crippen LogP contribution in [0, 0.1) is 25.5 Å². The Morgan fingerprint density at radius 3 is 1.51 bits per heavy atom. The first-order valence-corrected chi connectivity index (χ1v) is 14.5. The van der Waals surface area contributed by atoms with E-state index in [2.05, 4.69) is 128 Å². The quantitative estimate of drug-likeness (QED) is 0.146. The molecule has 7 nitrogen and oxygen atoms in total. The third-order valence-electron chi connectivity index (χ3n) is 8.89. The van der Waals surface area contributed by atoms with Gasteiger partial charge in [-0.3, -0.25) is 9.97 Å². The standard InChI is InChI=1S/C37H22N6O.Pt/c1-3-13-35-33(11-1)40-23-42(35)37(31-15-17-38-21-29(31)30-22-39-18-16-32(30)37)43-24-41(34-12-2-4-14-36(34)43)26-8-6-10-28(20-26)44-27-9-5-7-25(40)19-27;/h1-18,21-24H;/q-4;+4. The van der Waals surface area contributed by atoms with E-state index in [1.54, 1.807) is 0 Å². The molecule has 0 N–H and O–H groups in total. The maximum Gasteiger partial charge on any atom is 4.00 e. The monoisotopic (exact) mass is 761 g/mol. The van der Waals surface area contributed by atoms with Crippen LogP contribution >= 0.6 is 0 Å². The molecule has 10 rings (SSSR count). The number of fused-ring (bicyclic) bond motifs is 23. The summed E-state index contributed by atoms with van der Waals surface area (Å²) in [5, 5.41) is 0. The van der Waals surface area contributed by atoms with Crippen molar-refractivity contribution >= 4 is 34.1 Å². The van der Waals surface area contributed by atoms with Crippen LogP contribution in [0.5, 0.6) is 11.5 Å². The van der Waals surface area contributed by atoms with Gasteiger partial charge in [-0.25, -0.2) is 0 Å². The van der Waals surface area contributed by atoms with E-state index in [1.807, 2.05) is 49.1 Å². The zero-order valence-corrected chi connectivity index (χ0v) is 25.9. The summed E-state index contributed by atoms with van der Waals surface area (Å²) in [6, 6.07) is 40.3. The number of benzene rings is 4. The Hall–Kier alpha value is -5.13. The summed E-state index contributed by atoms with van der Waals surface area (Å²) in [6.07, 6.45) is 7.69. The average Bonchev–Trinajstić information content (AvgIpc) is 3.74. The normalized spacial score (nSPS) is 15.8. The molecule has 0 atom stereocenters. The number of anilines is 6. The average molecular weight is 762 g/mol. The summed E-state index contributed by atoms with van der Waals surface area (Å²) in [4.78, 5) is 18.3. The number of ether oxygens (including phenoxy) is 1. The molecule has 6 aromatic rings. The Labute approximate surface area is 275 Å². The van der Waals surface area contributed by atoms with Crippen LogP contribution in [0.1, 0.15) is 11.1 Å². The third kappa shape index (κ3) is 3.50. The van der Waals surface area contributed by atoms with Crippen molar-refractivity contribution < 1.29 is 25.8 Å². The summed E-state index contributed by atoms with van der Waals surface area (Å²) >= 11 is 0. The van der Waals surface area contributed by atoms with Gasteiger partial charge in [-0.2, -0.15) is 12.1 Å². The van der Waals surface area contributed by atoms with Crippen LogP contribution in [0.3, 0.4) is 0 Å². The maximum atomic E-state index is 6.35. The second-order valence-electron chi connectivity index (χ2n) is 11.1. The van der Waals surface area contributed by atoms with Crippen molar-refractivity contribution in [1.82, 2.24) is 9.97 Å². The second kappa shape index (κ2) is 9.68. The van der Waals surface area contributed by atoms with Crippen molar-refractivity contribution in [3.8, 4) is 22.6 Å². The molecule has 4 aliphatic rings. The van der Waals surface area contributed by atoms with Crippen LogP contribution in [-0.4, -0.2) is 9.97 Å². The molecule has 8 bridgehead atoms. The van der Waals surface area contributed by atoms with Crippen LogP contribution in [0.4, 0.5) is 34.1 Å². The summed E-state index contributed by atoms with van der Waals surface area (Å²) in [6.45, 7) is 4.38. The molecule has 4 aromatic carbocycles. The largest absolute Gasteiger partial charge is 4.00 e. The SMILES string of the molecule is [Pt+4].[c-]1c2cccc1N1[CH-]N(c3ccccc31)C1(c3ccncc3-c3cnccc31)N1[CH-]N(c3[c-]c(ccc3)O2)c2ccccc21. The van der Waals surface area contributed by atoms with Gasteiger partial charge < -0.3 is 24.3 Å². The number of para-hydroxylation sites is 4. The fourth-order valence-electron chi connectivity index (χ4n) is 7.12. The van der Waals surface area contributed by atoms with E-state index in [-0.39, 0.29) is 21.1 Å². The third-order valence-corrected chi connectivity index (χ3v) is 8.89. The predicted octanol–water partition coefficient (Wildman–Crippen LogP) is 7.92. The van der Waals surface area contributed by atoms with Crippen LogP contribution in [0.25, 0.3) is 11.1 Å². The fourth-order valence-corrected chi connectivity index (χ4v) is 7.12. The van der Waals surface area contributed by atoms with Crippen LogP contribution in [0.2, 0.25) is 0 Å². The van der Waals surface area contributed by atoms with E-state index in [4.69, 9.17) is 4.74 Å². The summed E-state index contributed by atoms with van der Waals surface area (Å²) < 4.78 is 6.35. The first-order valence-electron chi connectivity index (χ1n) is 14.5. The minimum Gasteiger partial charge on any atom is -0.509 e. The molecule has 0 fully saturated rings. The molecule has 0 unspecified atom stereocenters. The summed E-state index contributed by atoms with van der Waals surface area (Å²) in [5.41, 5.74) is 9.46. The zero-order chi connectivity index (χ0) is 28.8. The van der Waals surface area contributed by atoms with Crippen LogP contribution in [0.15, 0.2) is 122 Å². The maximum absolute atomic E-state index is 6.35. The van der Waals surface area contributed by atoms with Gasteiger partial charge in [-0.15, -0.1) is 61.1 Å². The van der Waals surface area contributed by atoms with E-state index in [9.17, 15) is 0 Å². The molecule has 3 aliphatic heterocycles. The van der Waals surface area contributed by atoms with E-state index in [0.29, 0.717) is 11.5 Å². The molecule has 1 spiro atoms. The topological polar surface area (TPSA) is 48.0 Å². The second-order valence-corrected chi connectivity index (χ2v) is 11.1. The van der Waals surface area contributed by atoms with Gasteiger partial charge in [-0.05, 0) is 36.4 Å². The van der Waals surface area contributed by atoms with Gasteiger partial charge in [0.2, 0.25) is 0 Å². The van der Waals surface area contributed by atoms with Gasteiger partial charge in [0.1, 0.15) is 5.66 Å². The van der Waals surface area contributed by atoms with Gasteiger partial charge in [0.25, 0.3) is 0 Å². The number of rotatable bonds is 0. The molecule has 45 heavy (non-hydrogen) atoms. The van der Waals surface area contributed by atoms with Gasteiger partial charge in [-0.1, -0.05) is 24.3 Å². The van der Waals surface area contributed by atoms with E-state index < -0.39 is 5.66 Å². The summed E-state index contributed by atoms with van der Waals surface area (Å²) in [5.74, 6) is 1.24. The fraction of sp³-hybridized carbons (Fsp3) is 0.0270. The number of nitrogens with zero attached hydrogens (tertiary/aromatic N) is 6. The van der Waals surface area contributed by atoms with Crippen molar-refractivity contribution in [2.45, 2.75) is 5.66 Å². The summed E-state index contributed by atoms with van der Waals surface area (Å²) in [7, 11) is 0. The minimum atomic E-state index is -0.831. The van der Waals surface area contributed by atoms with E-state index in [1.165, 1.54) is 0 Å². The first-order chi connectivity index (χ1) is 21.8. The van der Waals surface area contributed by atoms with Crippen molar-refractivity contribution in [1.29, 1.82) is 0 Å². The van der Waals surface area contributed by atoms with E-state index in [0.717, 1.165) is 56.4 Å². The number of pyridine rings is 2. The van der Waals surface area contributed by atoms with Gasteiger partial charge >= 0.3 is 21.1 Å². The molecule has 216 valence electrons. The zero-order valence-electron chi connectivity index (χ0n) is 23.6. The molecule has 0 radical (unpaired) electrons. The number of aromatic nitrogens is 2. The van der Waals surface area contributed by atoms with Crippen molar-refractivity contribution in [3.05, 3.63) is 158 Å². The Morgan fingerprint density at radius 2 is 1.02 bits per heavy atom. The molecule has 2 aromatic heterocycles. The molecular weight excluding hydrogens is 740 g/mol. The van der Waals surface area contributed by atoms with Crippen LogP contribution in [-0.2, 0) is 26.7 Å². The Kier molecular flexibility index (Phi) is 5.66. The molecular formula is C37H22N6OPt. The van der Waals surface area contributed by atoms with Crippen molar-refractivity contribution in [2.75, 3.05) is 19.6 Å². The predicted molar refractivity (Wildman–Crippen MR) is 170 cm³/mol. The van der Waals surface area contributed by atoms with Crippen molar-refractivity contribution in [3.63, 3.8) is 0 Å². The Morgan fingerprint density at radius 1 is 0.556 bits per heavy atom. The smallest absolute Gasteiger partial charge is 0.509 e. The van der Waals surface area contributed by atoms with Crippen LogP contribution < -0.4 is 24.3 Å². The van der Waals surface area contributed by atoms with E-state index >= 15 is 0 Å². The van der Waals surface area contributed by atoms with Gasteiger partial charge in [0.15, 0.2) is 0 Å². The molecule has 0 saturated carbocycles. The number of hydrogen-bond acceptors (Lipinski definition) is 7. The molecule has 0 saturated heterocycles. The Balaban J connectivity index is 0.00000281. The number of hydrogen-bond donors (Lipinski definition) is 0. The molecule has 5 heterocycles. The van der Waals surface area contributed by atoms with Gasteiger partial charge in [0, 0.05) is 81.3 Å².